The van der Waals surface area contributed by atoms with Crippen molar-refractivity contribution in [2.45, 2.75) is 303 Å². The van der Waals surface area contributed by atoms with Crippen LogP contribution < -0.4 is 0 Å². The average Bonchev–Trinajstić information content (AvgIpc) is 3.46. The van der Waals surface area contributed by atoms with Gasteiger partial charge in [-0.15, -0.1) is 0 Å². The van der Waals surface area contributed by atoms with Crippen LogP contribution in [0.5, 0.6) is 0 Å². The maximum Gasteiger partial charge on any atom is 0.306 e. The Hall–Kier alpha value is -4.45. The van der Waals surface area contributed by atoms with Gasteiger partial charge in [0, 0.05) is 19.3 Å². The zero-order chi connectivity index (χ0) is 57.8. The molecule has 0 aromatic rings. The third kappa shape index (κ3) is 64.4. The first-order valence-corrected chi connectivity index (χ1v) is 33.2. The van der Waals surface area contributed by atoms with Crippen molar-refractivity contribution < 1.29 is 28.6 Å². The van der Waals surface area contributed by atoms with Crippen molar-refractivity contribution in [3.63, 3.8) is 0 Å². The lowest BCUT2D eigenvalue weighted by atomic mass is 10.0. The van der Waals surface area contributed by atoms with E-state index < -0.39 is 6.10 Å². The number of hydrogen-bond donors (Lipinski definition) is 0. The predicted octanol–water partition coefficient (Wildman–Crippen LogP) is 22.9. The lowest BCUT2D eigenvalue weighted by molar-refractivity contribution is -0.167. The Morgan fingerprint density at radius 2 is 0.487 bits per heavy atom. The summed E-state index contributed by atoms with van der Waals surface area (Å²) in [7, 11) is 0. The van der Waals surface area contributed by atoms with E-state index in [0.717, 1.165) is 141 Å². The van der Waals surface area contributed by atoms with Crippen molar-refractivity contribution in [3.05, 3.63) is 134 Å². The SMILES string of the molecule is CC/C=C\C/C=C\C/C=C\C/C=C\C/C=C\CCCCCCCCCCCCCC(=O)OCC(COC(=O)CCCCCCC/C=C\CCCCCCCCC)OC(=O)CCCCC/C=C\C/C=C\C/C=C\C/C=C\C/C=C\CC. The van der Waals surface area contributed by atoms with Crippen LogP contribution in [0.1, 0.15) is 297 Å². The number of unbranched alkanes of at least 4 members (excludes halogenated alkanes) is 26. The van der Waals surface area contributed by atoms with Gasteiger partial charge in [0.1, 0.15) is 13.2 Å². The molecule has 1 atom stereocenters. The first-order chi connectivity index (χ1) is 39.5. The third-order valence-corrected chi connectivity index (χ3v) is 13.9. The molecule has 0 bridgehead atoms. The van der Waals surface area contributed by atoms with Gasteiger partial charge in [-0.25, -0.2) is 0 Å². The Labute approximate surface area is 494 Å². The standard InChI is InChI=1S/C74H122O6/c1-4-7-10-13-16-19-22-25-28-31-33-34-35-36-37-38-39-40-42-43-46-49-52-55-58-61-64-67-73(76)79-70-71(69-78-72(75)66-63-60-57-54-51-48-45-30-27-24-21-18-15-12-9-6-3)80-74(77)68-65-62-59-56-53-50-47-44-41-32-29-26-23-20-17-14-11-8-5-2/h7-8,10-11,16-17,19-20,25-26,28-30,33-34,36-37,41,44-45,50,53,71H,4-6,9,12-15,18,21-24,27,31-32,35,38-40,42-43,46-49,51-52,54-70H2,1-3H3/b10-7-,11-8-,19-16-,20-17-,28-25-,29-26-,34-33-,37-36-,44-41-,45-30-,53-50-. The quantitative estimate of drug-likeness (QED) is 0.0261. The Balaban J connectivity index is 4.41. The Kier molecular flexibility index (Phi) is 63.3. The Morgan fingerprint density at radius 1 is 0.263 bits per heavy atom. The topological polar surface area (TPSA) is 78.9 Å². The second-order valence-electron chi connectivity index (χ2n) is 21.6. The van der Waals surface area contributed by atoms with E-state index in [1.54, 1.807) is 0 Å². The van der Waals surface area contributed by atoms with Crippen LogP contribution in [0.3, 0.4) is 0 Å². The predicted molar refractivity (Wildman–Crippen MR) is 348 cm³/mol. The molecule has 0 saturated carbocycles. The van der Waals surface area contributed by atoms with Gasteiger partial charge in [0.15, 0.2) is 6.10 Å². The minimum atomic E-state index is -0.806. The van der Waals surface area contributed by atoms with E-state index in [1.165, 1.54) is 116 Å². The molecule has 0 heterocycles. The molecule has 6 heteroatoms. The molecule has 0 aliphatic heterocycles. The number of carbonyl (C=O) groups is 3. The fourth-order valence-electron chi connectivity index (χ4n) is 8.96. The Bertz CT molecular complexity index is 1700. The number of carbonyl (C=O) groups excluding carboxylic acids is 3. The molecule has 454 valence electrons. The maximum atomic E-state index is 12.9. The van der Waals surface area contributed by atoms with Crippen LogP contribution in [0.2, 0.25) is 0 Å². The van der Waals surface area contributed by atoms with Crippen LogP contribution in [0, 0.1) is 0 Å². The molecule has 1 unspecified atom stereocenters. The molecule has 0 N–H and O–H groups in total. The summed E-state index contributed by atoms with van der Waals surface area (Å²) in [6.07, 6.45) is 94.6. The summed E-state index contributed by atoms with van der Waals surface area (Å²) in [6.45, 7) is 6.39. The van der Waals surface area contributed by atoms with E-state index >= 15 is 0 Å². The molecule has 0 fully saturated rings. The van der Waals surface area contributed by atoms with Gasteiger partial charge in [-0.2, -0.15) is 0 Å². The molecule has 0 aliphatic rings. The molecule has 0 amide bonds. The van der Waals surface area contributed by atoms with Gasteiger partial charge < -0.3 is 14.2 Å². The minimum absolute atomic E-state index is 0.0984. The summed E-state index contributed by atoms with van der Waals surface area (Å²) in [5.74, 6) is -0.937. The molecule has 6 nitrogen and oxygen atoms in total. The highest BCUT2D eigenvalue weighted by Crippen LogP contribution is 2.15. The van der Waals surface area contributed by atoms with E-state index in [9.17, 15) is 14.4 Å². The fraction of sp³-hybridized carbons (Fsp3) is 0.662. The van der Waals surface area contributed by atoms with E-state index in [0.29, 0.717) is 12.8 Å². The van der Waals surface area contributed by atoms with Gasteiger partial charge in [0.25, 0.3) is 0 Å². The van der Waals surface area contributed by atoms with Gasteiger partial charge in [0.2, 0.25) is 0 Å². The monoisotopic (exact) mass is 1110 g/mol. The highest BCUT2D eigenvalue weighted by molar-refractivity contribution is 5.71. The van der Waals surface area contributed by atoms with Crippen LogP contribution >= 0.6 is 0 Å². The van der Waals surface area contributed by atoms with Crippen molar-refractivity contribution in [2.75, 3.05) is 13.2 Å². The zero-order valence-corrected chi connectivity index (χ0v) is 52.0. The summed E-state index contributed by atoms with van der Waals surface area (Å²) in [5, 5.41) is 0. The number of rotatable bonds is 59. The molecule has 0 aliphatic carbocycles. The number of hydrogen-bond acceptors (Lipinski definition) is 6. The van der Waals surface area contributed by atoms with Crippen LogP contribution in [-0.4, -0.2) is 37.2 Å². The zero-order valence-electron chi connectivity index (χ0n) is 52.0. The van der Waals surface area contributed by atoms with E-state index in [2.05, 4.69) is 154 Å². The first-order valence-electron chi connectivity index (χ1n) is 33.2. The molecule has 80 heavy (non-hydrogen) atoms. The maximum absolute atomic E-state index is 12.9. The van der Waals surface area contributed by atoms with E-state index in [-0.39, 0.29) is 37.5 Å². The highest BCUT2D eigenvalue weighted by Gasteiger charge is 2.19. The van der Waals surface area contributed by atoms with Gasteiger partial charge in [-0.05, 0) is 135 Å². The second kappa shape index (κ2) is 67.1. The van der Waals surface area contributed by atoms with Crippen LogP contribution in [0.4, 0.5) is 0 Å². The molecule has 0 radical (unpaired) electrons. The largest absolute Gasteiger partial charge is 0.462 e. The van der Waals surface area contributed by atoms with Crippen molar-refractivity contribution in [1.29, 1.82) is 0 Å². The van der Waals surface area contributed by atoms with Crippen LogP contribution in [-0.2, 0) is 28.6 Å². The van der Waals surface area contributed by atoms with Gasteiger partial charge in [0.05, 0.1) is 0 Å². The van der Waals surface area contributed by atoms with E-state index in [1.807, 2.05) is 0 Å². The fourth-order valence-corrected chi connectivity index (χ4v) is 8.96. The molecule has 0 spiro atoms. The van der Waals surface area contributed by atoms with Gasteiger partial charge >= 0.3 is 17.9 Å². The molecule has 0 aromatic carbocycles. The Morgan fingerprint density at radius 3 is 0.787 bits per heavy atom. The summed E-state index contributed by atoms with van der Waals surface area (Å²) < 4.78 is 16.9. The number of allylic oxidation sites excluding steroid dienone is 22. The normalized spacial score (nSPS) is 13.0. The van der Waals surface area contributed by atoms with Crippen molar-refractivity contribution in [2.24, 2.45) is 0 Å². The van der Waals surface area contributed by atoms with Gasteiger partial charge in [-0.3, -0.25) is 14.4 Å². The highest BCUT2D eigenvalue weighted by atomic mass is 16.6. The molecule has 0 rings (SSSR count). The van der Waals surface area contributed by atoms with Gasteiger partial charge in [-0.1, -0.05) is 276 Å². The lowest BCUT2D eigenvalue weighted by Crippen LogP contribution is -2.30. The molecule has 0 aromatic heterocycles. The first kappa shape index (κ1) is 75.5. The molecular weight excluding hydrogens is 985 g/mol. The van der Waals surface area contributed by atoms with E-state index in [4.69, 9.17) is 14.2 Å². The number of esters is 3. The lowest BCUT2D eigenvalue weighted by Gasteiger charge is -2.18. The molecule has 0 saturated heterocycles. The second-order valence-corrected chi connectivity index (χ2v) is 21.6. The molecular formula is C74H122O6. The van der Waals surface area contributed by atoms with Crippen LogP contribution in [0.15, 0.2) is 134 Å². The van der Waals surface area contributed by atoms with Crippen molar-refractivity contribution in [1.82, 2.24) is 0 Å². The third-order valence-electron chi connectivity index (χ3n) is 13.9. The summed E-state index contributed by atoms with van der Waals surface area (Å²) in [6, 6.07) is 0. The van der Waals surface area contributed by atoms with Crippen LogP contribution in [0.25, 0.3) is 0 Å². The summed E-state index contributed by atoms with van der Waals surface area (Å²) in [4.78, 5) is 38.4. The summed E-state index contributed by atoms with van der Waals surface area (Å²) >= 11 is 0. The number of ether oxygens (including phenoxy) is 3. The van der Waals surface area contributed by atoms with Crippen molar-refractivity contribution >= 4 is 17.9 Å². The minimum Gasteiger partial charge on any atom is -0.462 e. The van der Waals surface area contributed by atoms with Crippen molar-refractivity contribution in [3.8, 4) is 0 Å². The average molecular weight is 1110 g/mol. The summed E-state index contributed by atoms with van der Waals surface area (Å²) in [5.41, 5.74) is 0. The smallest absolute Gasteiger partial charge is 0.306 e.